The Morgan fingerprint density at radius 2 is 1.43 bits per heavy atom. The van der Waals surface area contributed by atoms with Crippen LogP contribution in [-0.2, 0) is 28.7 Å². The van der Waals surface area contributed by atoms with Crippen LogP contribution in [0.5, 0.6) is 23.0 Å². The third kappa shape index (κ3) is 9.40. The summed E-state index contributed by atoms with van der Waals surface area (Å²) in [5.41, 5.74) is -0.817. The van der Waals surface area contributed by atoms with Crippen LogP contribution in [0.1, 0.15) is 37.7 Å². The fourth-order valence-electron chi connectivity index (χ4n) is 4.63. The van der Waals surface area contributed by atoms with Crippen molar-refractivity contribution < 1.29 is 46.1 Å². The summed E-state index contributed by atoms with van der Waals surface area (Å²) in [4.78, 5) is 39.2. The highest BCUT2D eigenvalue weighted by atomic mass is 19.4. The van der Waals surface area contributed by atoms with Gasteiger partial charge in [0.2, 0.25) is 11.2 Å². The number of nitrogens with one attached hydrogen (secondary N) is 1. The van der Waals surface area contributed by atoms with E-state index < -0.39 is 52.4 Å². The molecule has 1 aromatic heterocycles. The van der Waals surface area contributed by atoms with Gasteiger partial charge >= 0.3 is 18.2 Å². The second kappa shape index (κ2) is 14.5. The van der Waals surface area contributed by atoms with E-state index in [1.54, 1.807) is 51.1 Å². The van der Waals surface area contributed by atoms with Crippen molar-refractivity contribution in [2.45, 2.75) is 51.6 Å². The standard InChI is InChI=1S/C37H32F3NO8/c1-36(2,3)49-35(44)41-29(20-23-14-16-25(17-15-23)45-22-24-10-6-4-7-11-24)34(43)47-27-18-19-28-30(21-27)48-33(37(38,39)40)32(31(28)42)46-26-12-8-5-9-13-26/h4-19,21,29H,20,22H2,1-3H3,(H,41,44)/t29-/m0/s1. The highest BCUT2D eigenvalue weighted by molar-refractivity contribution is 5.85. The first-order valence-corrected chi connectivity index (χ1v) is 15.1. The number of alkyl carbamates (subject to hydrolysis) is 1. The third-order valence-corrected chi connectivity index (χ3v) is 6.85. The van der Waals surface area contributed by atoms with Crippen molar-refractivity contribution >= 4 is 23.0 Å². The molecule has 0 radical (unpaired) electrons. The lowest BCUT2D eigenvalue weighted by molar-refractivity contribution is -0.154. The van der Waals surface area contributed by atoms with Crippen LogP contribution < -0.4 is 25.0 Å². The number of benzene rings is 4. The molecule has 5 rings (SSSR count). The molecule has 1 atom stereocenters. The van der Waals surface area contributed by atoms with Crippen molar-refractivity contribution in [2.75, 3.05) is 0 Å². The molecule has 0 unspecified atom stereocenters. The van der Waals surface area contributed by atoms with Gasteiger partial charge in [0, 0.05) is 12.5 Å². The number of alkyl halides is 3. The molecule has 0 fully saturated rings. The number of carbonyl (C=O) groups is 2. The molecule has 1 amide bonds. The second-order valence-corrected chi connectivity index (χ2v) is 11.9. The number of carbonyl (C=O) groups excluding carboxylic acids is 2. The molecular formula is C37H32F3NO8. The summed E-state index contributed by atoms with van der Waals surface area (Å²) < 4.78 is 69.1. The minimum Gasteiger partial charge on any atom is -0.489 e. The Hall–Kier alpha value is -5.78. The van der Waals surface area contributed by atoms with Crippen molar-refractivity contribution in [3.05, 3.63) is 130 Å². The van der Waals surface area contributed by atoms with Crippen LogP contribution >= 0.6 is 0 Å². The van der Waals surface area contributed by atoms with Gasteiger partial charge in [-0.15, -0.1) is 0 Å². The zero-order chi connectivity index (χ0) is 35.2. The van der Waals surface area contributed by atoms with Gasteiger partial charge in [-0.2, -0.15) is 13.2 Å². The minimum absolute atomic E-state index is 0.00285. The SMILES string of the molecule is CC(C)(C)OC(=O)N[C@@H](Cc1ccc(OCc2ccccc2)cc1)C(=O)Oc1ccc2c(=O)c(Oc3ccccc3)c(C(F)(F)F)oc2c1. The molecule has 5 aromatic rings. The molecule has 4 aromatic carbocycles. The fraction of sp³-hybridized carbons (Fsp3) is 0.216. The molecule has 254 valence electrons. The average Bonchev–Trinajstić information content (AvgIpc) is 3.05. The van der Waals surface area contributed by atoms with Crippen LogP contribution in [0.25, 0.3) is 11.0 Å². The van der Waals surface area contributed by atoms with Crippen molar-refractivity contribution in [3.8, 4) is 23.0 Å². The van der Waals surface area contributed by atoms with Gasteiger partial charge in [0.1, 0.15) is 41.1 Å². The Balaban J connectivity index is 1.37. The summed E-state index contributed by atoms with van der Waals surface area (Å²) in [6, 6.07) is 26.0. The summed E-state index contributed by atoms with van der Waals surface area (Å²) in [6.45, 7) is 5.32. The summed E-state index contributed by atoms with van der Waals surface area (Å²) in [5.74, 6) is -3.28. The van der Waals surface area contributed by atoms with Gasteiger partial charge in [0.25, 0.3) is 5.76 Å². The predicted octanol–water partition coefficient (Wildman–Crippen LogP) is 8.22. The van der Waals surface area contributed by atoms with E-state index in [-0.39, 0.29) is 23.3 Å². The van der Waals surface area contributed by atoms with E-state index in [0.717, 1.165) is 17.7 Å². The molecule has 0 aliphatic rings. The predicted molar refractivity (Wildman–Crippen MR) is 174 cm³/mol. The average molecular weight is 676 g/mol. The number of esters is 1. The lowest BCUT2D eigenvalue weighted by Crippen LogP contribution is -2.46. The zero-order valence-electron chi connectivity index (χ0n) is 26.7. The first-order valence-electron chi connectivity index (χ1n) is 15.1. The van der Waals surface area contributed by atoms with E-state index in [9.17, 15) is 27.6 Å². The molecule has 0 aliphatic carbocycles. The molecule has 0 spiro atoms. The molecule has 12 heteroatoms. The quantitative estimate of drug-likeness (QED) is 0.116. The van der Waals surface area contributed by atoms with Gasteiger partial charge in [-0.25, -0.2) is 9.59 Å². The van der Waals surface area contributed by atoms with Crippen LogP contribution in [0.15, 0.2) is 112 Å². The first kappa shape index (κ1) is 34.6. The largest absolute Gasteiger partial charge is 0.489 e. The fourth-order valence-corrected chi connectivity index (χ4v) is 4.63. The second-order valence-electron chi connectivity index (χ2n) is 11.9. The van der Waals surface area contributed by atoms with Gasteiger partial charge < -0.3 is 28.7 Å². The summed E-state index contributed by atoms with van der Waals surface area (Å²) >= 11 is 0. The normalized spacial score (nSPS) is 12.2. The Bertz CT molecular complexity index is 1970. The molecule has 0 bridgehead atoms. The number of halogens is 3. The van der Waals surface area contributed by atoms with Crippen LogP contribution in [0.3, 0.4) is 0 Å². The van der Waals surface area contributed by atoms with E-state index in [0.29, 0.717) is 17.9 Å². The van der Waals surface area contributed by atoms with Crippen molar-refractivity contribution in [3.63, 3.8) is 0 Å². The van der Waals surface area contributed by atoms with Gasteiger partial charge in [-0.05, 0) is 68.3 Å². The van der Waals surface area contributed by atoms with Crippen LogP contribution in [0, 0.1) is 0 Å². The molecular weight excluding hydrogens is 643 g/mol. The van der Waals surface area contributed by atoms with Crippen LogP contribution in [-0.4, -0.2) is 23.7 Å². The van der Waals surface area contributed by atoms with E-state index in [2.05, 4.69) is 5.32 Å². The summed E-state index contributed by atoms with van der Waals surface area (Å²) in [5, 5.41) is 2.26. The molecule has 9 nitrogen and oxygen atoms in total. The third-order valence-electron chi connectivity index (χ3n) is 6.85. The van der Waals surface area contributed by atoms with Crippen molar-refractivity contribution in [1.29, 1.82) is 0 Å². The van der Waals surface area contributed by atoms with E-state index in [1.165, 1.54) is 30.3 Å². The Morgan fingerprint density at radius 3 is 2.06 bits per heavy atom. The monoisotopic (exact) mass is 675 g/mol. The number of hydrogen-bond acceptors (Lipinski definition) is 8. The van der Waals surface area contributed by atoms with E-state index >= 15 is 0 Å². The number of amides is 1. The smallest absolute Gasteiger partial charge is 0.453 e. The highest BCUT2D eigenvalue weighted by Gasteiger charge is 2.40. The van der Waals surface area contributed by atoms with Crippen LogP contribution in [0.4, 0.5) is 18.0 Å². The Labute approximate surface area is 279 Å². The number of hydrogen-bond donors (Lipinski definition) is 1. The molecule has 0 aliphatic heterocycles. The van der Waals surface area contributed by atoms with Gasteiger partial charge in [0.15, 0.2) is 0 Å². The Morgan fingerprint density at radius 1 is 0.796 bits per heavy atom. The van der Waals surface area contributed by atoms with Gasteiger partial charge in [0.05, 0.1) is 5.39 Å². The highest BCUT2D eigenvalue weighted by Crippen LogP contribution is 2.38. The van der Waals surface area contributed by atoms with Crippen LogP contribution in [0.2, 0.25) is 0 Å². The molecule has 0 saturated carbocycles. The zero-order valence-corrected chi connectivity index (χ0v) is 26.7. The van der Waals surface area contributed by atoms with Gasteiger partial charge in [-0.3, -0.25) is 4.79 Å². The van der Waals surface area contributed by atoms with E-state index in [4.69, 9.17) is 23.4 Å². The molecule has 1 heterocycles. The maximum atomic E-state index is 14.0. The molecule has 1 N–H and O–H groups in total. The Kier molecular flexibility index (Phi) is 10.3. The molecule has 0 saturated heterocycles. The summed E-state index contributed by atoms with van der Waals surface area (Å²) in [6.07, 6.45) is -6.00. The minimum atomic E-state index is -5.09. The first-order chi connectivity index (χ1) is 23.2. The lowest BCUT2D eigenvalue weighted by atomic mass is 10.1. The van der Waals surface area contributed by atoms with Crippen molar-refractivity contribution in [2.24, 2.45) is 0 Å². The molecule has 49 heavy (non-hydrogen) atoms. The lowest BCUT2D eigenvalue weighted by Gasteiger charge is -2.23. The van der Waals surface area contributed by atoms with Crippen molar-refractivity contribution in [1.82, 2.24) is 5.32 Å². The van der Waals surface area contributed by atoms with E-state index in [1.807, 2.05) is 30.3 Å². The number of ether oxygens (including phenoxy) is 4. The van der Waals surface area contributed by atoms with Gasteiger partial charge in [-0.1, -0.05) is 60.7 Å². The number of fused-ring (bicyclic) bond motifs is 1. The summed E-state index contributed by atoms with van der Waals surface area (Å²) in [7, 11) is 0. The number of rotatable bonds is 10. The number of para-hydroxylation sites is 1. The maximum absolute atomic E-state index is 14.0. The topological polar surface area (TPSA) is 113 Å². The maximum Gasteiger partial charge on any atom is 0.453 e.